The maximum Gasteiger partial charge on any atom is 0.435 e. The van der Waals surface area contributed by atoms with Crippen LogP contribution in [0.1, 0.15) is 63.0 Å². The van der Waals surface area contributed by atoms with Crippen LogP contribution in [0.5, 0.6) is 0 Å². The number of carbonyl (C=O) groups excluding carboxylic acids is 2. The number of fused-ring (bicyclic) bond motifs is 1. The Kier molecular flexibility index (Phi) is 13.2. The number of rotatable bonds is 8. The number of benzene rings is 1. The van der Waals surface area contributed by atoms with Crippen LogP contribution in [0.4, 0.5) is 33.5 Å². The lowest BCUT2D eigenvalue weighted by Crippen LogP contribution is -2.48. The molecule has 11 nitrogen and oxygen atoms in total. The molecule has 1 aliphatic heterocycles. The maximum absolute atomic E-state index is 13.7. The van der Waals surface area contributed by atoms with Crippen LogP contribution in [0.3, 0.4) is 0 Å². The zero-order valence-corrected chi connectivity index (χ0v) is 26.7. The molecule has 0 bridgehead atoms. The van der Waals surface area contributed by atoms with Crippen molar-refractivity contribution >= 4 is 29.0 Å². The van der Waals surface area contributed by atoms with Crippen LogP contribution in [0.25, 0.3) is 16.9 Å². The van der Waals surface area contributed by atoms with Crippen LogP contribution in [0.15, 0.2) is 49.1 Å². The molecule has 1 aliphatic rings. The summed E-state index contributed by atoms with van der Waals surface area (Å²) < 4.78 is 68.5. The molecule has 1 saturated heterocycles. The summed E-state index contributed by atoms with van der Waals surface area (Å²) in [4.78, 5) is 35.0. The van der Waals surface area contributed by atoms with Gasteiger partial charge in [0.15, 0.2) is 17.2 Å². The van der Waals surface area contributed by atoms with E-state index < -0.39 is 36.3 Å². The summed E-state index contributed by atoms with van der Waals surface area (Å²) in [5.41, 5.74) is 5.13. The Morgan fingerprint density at radius 1 is 1.11 bits per heavy atom. The Bertz CT molecular complexity index is 1600. The highest BCUT2D eigenvalue weighted by molar-refractivity contribution is 5.96. The molecular weight excluding hydrogens is 625 g/mol. The fourth-order valence-corrected chi connectivity index (χ4v) is 4.71. The first-order chi connectivity index (χ1) is 22.4. The second-order valence-corrected chi connectivity index (χ2v) is 10.4. The molecule has 0 aliphatic carbocycles. The summed E-state index contributed by atoms with van der Waals surface area (Å²) in [6.45, 7) is 8.16. The predicted octanol–water partition coefficient (Wildman–Crippen LogP) is 5.74. The number of nitrogens with two attached hydrogens (primary N) is 1. The van der Waals surface area contributed by atoms with Crippen molar-refractivity contribution in [3.8, 4) is 11.3 Å². The predicted molar refractivity (Wildman–Crippen MR) is 168 cm³/mol. The van der Waals surface area contributed by atoms with Gasteiger partial charge in [-0.25, -0.2) is 18.7 Å². The first-order valence-electron chi connectivity index (χ1n) is 15.3. The van der Waals surface area contributed by atoms with Gasteiger partial charge in [0.05, 0.1) is 24.0 Å². The van der Waals surface area contributed by atoms with Crippen LogP contribution >= 0.6 is 0 Å². The molecule has 4 aromatic rings. The van der Waals surface area contributed by atoms with Gasteiger partial charge in [0, 0.05) is 49.0 Å². The van der Waals surface area contributed by atoms with Crippen LogP contribution in [-0.2, 0) is 17.5 Å². The number of hydrogen-bond acceptors (Lipinski definition) is 7. The van der Waals surface area contributed by atoms with Gasteiger partial charge in [-0.15, -0.1) is 0 Å². The first kappa shape index (κ1) is 36.9. The van der Waals surface area contributed by atoms with E-state index in [4.69, 9.17) is 5.73 Å². The average Bonchev–Trinajstić information content (AvgIpc) is 3.66. The SMILES string of the molecule is CC.CCC.NC1CCCN(C(=O)CNC(=O)c2ccc(Nc3nccn4c(-c5cn(CC(F)F)nc5C(F)(F)F)cnc34)cc2)C1. The van der Waals surface area contributed by atoms with Crippen LogP contribution in [0.2, 0.25) is 0 Å². The van der Waals surface area contributed by atoms with E-state index in [-0.39, 0.29) is 35.7 Å². The van der Waals surface area contributed by atoms with E-state index in [2.05, 4.69) is 39.5 Å². The second-order valence-electron chi connectivity index (χ2n) is 10.4. The molecule has 0 radical (unpaired) electrons. The third kappa shape index (κ3) is 9.70. The largest absolute Gasteiger partial charge is 0.435 e. The zero-order valence-electron chi connectivity index (χ0n) is 26.7. The van der Waals surface area contributed by atoms with Gasteiger partial charge < -0.3 is 21.3 Å². The Hall–Kier alpha value is -4.60. The number of hydrogen-bond donors (Lipinski definition) is 3. The molecule has 2 amide bonds. The lowest BCUT2D eigenvalue weighted by molar-refractivity contribution is -0.141. The second kappa shape index (κ2) is 16.8. The minimum atomic E-state index is -4.89. The van der Waals surface area contributed by atoms with Crippen LogP contribution in [0, 0.1) is 0 Å². The van der Waals surface area contributed by atoms with Crippen LogP contribution < -0.4 is 16.4 Å². The van der Waals surface area contributed by atoms with Crippen molar-refractivity contribution in [1.82, 2.24) is 34.4 Å². The number of anilines is 2. The van der Waals surface area contributed by atoms with E-state index in [1.807, 2.05) is 13.8 Å². The normalized spacial score (nSPS) is 14.6. The Balaban J connectivity index is 0.00000114. The summed E-state index contributed by atoms with van der Waals surface area (Å²) in [7, 11) is 0. The number of halogens is 5. The van der Waals surface area contributed by atoms with Gasteiger partial charge in [-0.3, -0.25) is 18.7 Å². The molecular formula is C31H40F5N9O2. The van der Waals surface area contributed by atoms with Crippen LogP contribution in [-0.4, -0.2) is 73.0 Å². The third-order valence-electron chi connectivity index (χ3n) is 6.68. The smallest absolute Gasteiger partial charge is 0.343 e. The monoisotopic (exact) mass is 665 g/mol. The van der Waals surface area contributed by atoms with Crippen molar-refractivity contribution in [3.05, 3.63) is 60.3 Å². The maximum atomic E-state index is 13.7. The van der Waals surface area contributed by atoms with E-state index in [0.29, 0.717) is 29.0 Å². The molecule has 5 rings (SSSR count). The summed E-state index contributed by atoms with van der Waals surface area (Å²) >= 11 is 0. The van der Waals surface area contributed by atoms with Gasteiger partial charge in [0.25, 0.3) is 12.3 Å². The topological polar surface area (TPSA) is 135 Å². The van der Waals surface area contributed by atoms with Crippen molar-refractivity contribution in [2.75, 3.05) is 25.0 Å². The highest BCUT2D eigenvalue weighted by atomic mass is 19.4. The van der Waals surface area contributed by atoms with E-state index in [1.54, 1.807) is 17.0 Å². The molecule has 1 aromatic carbocycles. The van der Waals surface area contributed by atoms with Gasteiger partial charge >= 0.3 is 6.18 Å². The lowest BCUT2D eigenvalue weighted by atomic mass is 10.1. The number of nitrogens with zero attached hydrogens (tertiary/aromatic N) is 6. The summed E-state index contributed by atoms with van der Waals surface area (Å²) in [5.74, 6) is -0.458. The fourth-order valence-electron chi connectivity index (χ4n) is 4.71. The molecule has 0 saturated carbocycles. The number of aromatic nitrogens is 5. The molecule has 3 aromatic heterocycles. The van der Waals surface area contributed by atoms with Crippen molar-refractivity contribution < 1.29 is 31.5 Å². The number of nitrogens with one attached hydrogen (secondary N) is 2. The molecule has 1 fully saturated rings. The molecule has 1 atom stereocenters. The molecule has 4 heterocycles. The third-order valence-corrected chi connectivity index (χ3v) is 6.68. The lowest BCUT2D eigenvalue weighted by Gasteiger charge is -2.30. The Morgan fingerprint density at radius 3 is 2.40 bits per heavy atom. The summed E-state index contributed by atoms with van der Waals surface area (Å²) in [6.07, 6.45) is -0.0399. The molecule has 4 N–H and O–H groups in total. The zero-order chi connectivity index (χ0) is 34.7. The number of alkyl halides is 5. The molecule has 1 unspecified atom stereocenters. The van der Waals surface area contributed by atoms with Crippen molar-refractivity contribution in [3.63, 3.8) is 0 Å². The number of amides is 2. The van der Waals surface area contributed by atoms with Gasteiger partial charge in [-0.1, -0.05) is 34.1 Å². The standard InChI is InChI=1S/C26H26F5N9O2.C3H8.C2H6/c27-20(28)14-39-13-18(22(37-39)26(29,30)31)19-10-34-24-23(33-7-9-40(19)24)36-17-5-3-15(4-6-17)25(42)35-11-21(41)38-8-1-2-16(32)12-38;1-3-2;1-2/h3-7,9-10,13,16,20H,1-2,8,11-12,14,32H2,(H,33,36)(H,35,42);3H2,1-2H3;1-2H3. The molecule has 16 heteroatoms. The number of carbonyl (C=O) groups is 2. The summed E-state index contributed by atoms with van der Waals surface area (Å²) in [5, 5.41) is 8.94. The summed E-state index contributed by atoms with van der Waals surface area (Å²) in [6, 6.07) is 6.17. The number of imidazole rings is 1. The van der Waals surface area contributed by atoms with Gasteiger partial charge in [0.1, 0.15) is 6.54 Å². The number of piperidine rings is 1. The quantitative estimate of drug-likeness (QED) is 0.204. The molecule has 256 valence electrons. The Morgan fingerprint density at radius 2 is 1.79 bits per heavy atom. The molecule has 47 heavy (non-hydrogen) atoms. The molecule has 0 spiro atoms. The highest BCUT2D eigenvalue weighted by Gasteiger charge is 2.38. The van der Waals surface area contributed by atoms with E-state index >= 15 is 0 Å². The van der Waals surface area contributed by atoms with Gasteiger partial charge in [0.2, 0.25) is 5.91 Å². The van der Waals surface area contributed by atoms with Gasteiger partial charge in [-0.05, 0) is 37.1 Å². The van der Waals surface area contributed by atoms with Crippen molar-refractivity contribution in [2.24, 2.45) is 5.73 Å². The van der Waals surface area contributed by atoms with Gasteiger partial charge in [-0.2, -0.15) is 18.3 Å². The minimum absolute atomic E-state index is 0.0172. The van der Waals surface area contributed by atoms with E-state index in [1.165, 1.54) is 41.5 Å². The first-order valence-corrected chi connectivity index (χ1v) is 15.3. The van der Waals surface area contributed by atoms with E-state index in [9.17, 15) is 31.5 Å². The van der Waals surface area contributed by atoms with E-state index in [0.717, 1.165) is 19.0 Å². The highest BCUT2D eigenvalue weighted by Crippen LogP contribution is 2.37. The average molecular weight is 666 g/mol. The van der Waals surface area contributed by atoms with Crippen molar-refractivity contribution in [2.45, 2.75) is 72.1 Å². The Labute approximate surface area is 269 Å². The number of likely N-dealkylation sites (tertiary alicyclic amines) is 1. The van der Waals surface area contributed by atoms with Crippen molar-refractivity contribution in [1.29, 1.82) is 0 Å². The minimum Gasteiger partial charge on any atom is -0.343 e. The fraction of sp³-hybridized carbons (Fsp3) is 0.452.